The second-order valence-corrected chi connectivity index (χ2v) is 20.9. The Morgan fingerprint density at radius 2 is 1.88 bits per heavy atom. The topological polar surface area (TPSA) is 108 Å². The van der Waals surface area contributed by atoms with Gasteiger partial charge in [0.1, 0.15) is 19.5 Å². The second-order valence-electron chi connectivity index (χ2n) is 14.9. The maximum atomic E-state index is 16.3. The minimum atomic E-state index is -1.39. The van der Waals surface area contributed by atoms with Crippen LogP contribution in [0.5, 0.6) is 0 Å². The molecule has 2 aromatic carbocycles. The predicted molar refractivity (Wildman–Crippen MR) is 201 cm³/mol. The Hall–Kier alpha value is -4.20. The zero-order valence-electron chi connectivity index (χ0n) is 29.7. The first-order valence-corrected chi connectivity index (χ1v) is 21.7. The maximum Gasteiger partial charge on any atom is 0.407 e. The average molecular weight is 734 g/mol. The fourth-order valence-corrected chi connectivity index (χ4v) is 8.44. The number of amides is 1. The number of ether oxygens (including phenoxy) is 2. The molecule has 2 bridgehead atoms. The number of alkyl carbamates (subject to hydrolysis) is 1. The van der Waals surface area contributed by atoms with Gasteiger partial charge in [0.25, 0.3) is 5.56 Å². The number of benzene rings is 2. The molecule has 0 saturated carbocycles. The molecule has 2 aliphatic heterocycles. The van der Waals surface area contributed by atoms with E-state index < -0.39 is 32.4 Å². The van der Waals surface area contributed by atoms with E-state index in [0.717, 1.165) is 22.5 Å². The number of carbonyl (C=O) groups is 1. The van der Waals surface area contributed by atoms with Gasteiger partial charge in [-0.05, 0) is 43.9 Å². The number of aryl methyl sites for hydroxylation is 1. The van der Waals surface area contributed by atoms with Gasteiger partial charge in [0.2, 0.25) is 5.95 Å². The van der Waals surface area contributed by atoms with Crippen molar-refractivity contribution < 1.29 is 18.7 Å². The van der Waals surface area contributed by atoms with Crippen LogP contribution in [-0.4, -0.2) is 69.0 Å². The van der Waals surface area contributed by atoms with E-state index in [0.29, 0.717) is 65.5 Å². The zero-order chi connectivity index (χ0) is 36.0. The lowest BCUT2D eigenvalue weighted by molar-refractivity contribution is 0.0899. The number of halogens is 2. The maximum absolute atomic E-state index is 16.3. The molecule has 0 spiro atoms. The number of nitrogens with zero attached hydrogens (tertiary/aromatic N) is 6. The smallest absolute Gasteiger partial charge is 0.407 e. The summed E-state index contributed by atoms with van der Waals surface area (Å²) in [5.74, 6) is 0.395. The molecule has 4 atom stereocenters. The predicted octanol–water partition coefficient (Wildman–Crippen LogP) is 7.11. The van der Waals surface area contributed by atoms with Crippen molar-refractivity contribution in [3.8, 4) is 11.1 Å². The molecule has 14 heteroatoms. The van der Waals surface area contributed by atoms with E-state index in [2.05, 4.69) is 30.1 Å². The van der Waals surface area contributed by atoms with E-state index >= 15 is 4.39 Å². The van der Waals surface area contributed by atoms with Crippen LogP contribution in [0.3, 0.4) is 0 Å². The van der Waals surface area contributed by atoms with E-state index in [4.69, 9.17) is 26.1 Å². The van der Waals surface area contributed by atoms with Crippen molar-refractivity contribution in [2.75, 3.05) is 11.5 Å². The van der Waals surface area contributed by atoms with Gasteiger partial charge < -0.3 is 24.3 Å². The summed E-state index contributed by atoms with van der Waals surface area (Å²) in [5.41, 5.74) is 3.18. The largest absolute Gasteiger partial charge is 0.445 e. The highest BCUT2D eigenvalue weighted by molar-refractivity contribution is 6.76. The number of alkyl halides is 1. The van der Waals surface area contributed by atoms with E-state index in [-0.39, 0.29) is 24.9 Å². The molecular weight excluding hydrogens is 689 g/mol. The SMILES string of the molecule is CCn1cc2c(Cl)c(-c3cn(COCC[Si](C)(C)C)c4nc(N5[C@H]6CC[C@@H]5[C@@H](F)[C@@H](NC(=O)OCc5ccccc5)C6)n(C)c(=O)c34)ccc2n1. The molecular formula is C37H45ClFN7O4Si. The van der Waals surface area contributed by atoms with Crippen LogP contribution in [0.25, 0.3) is 33.1 Å². The van der Waals surface area contributed by atoms with Crippen molar-refractivity contribution in [2.45, 2.75) is 96.1 Å². The highest BCUT2D eigenvalue weighted by Crippen LogP contribution is 2.42. The highest BCUT2D eigenvalue weighted by Gasteiger charge is 2.50. The number of fused-ring (bicyclic) bond motifs is 4. The van der Waals surface area contributed by atoms with Crippen LogP contribution in [-0.2, 0) is 36.4 Å². The Kier molecular flexibility index (Phi) is 9.72. The van der Waals surface area contributed by atoms with E-state index in [9.17, 15) is 9.59 Å². The third kappa shape index (κ3) is 6.90. The summed E-state index contributed by atoms with van der Waals surface area (Å²) in [6, 6.07) is 12.8. The van der Waals surface area contributed by atoms with Gasteiger partial charge in [-0.3, -0.25) is 14.0 Å². The first-order chi connectivity index (χ1) is 24.4. The molecule has 1 amide bonds. The number of carbonyl (C=O) groups excluding carboxylic acids is 1. The fourth-order valence-electron chi connectivity index (χ4n) is 7.37. The first-order valence-electron chi connectivity index (χ1n) is 17.7. The Labute approximate surface area is 302 Å². The highest BCUT2D eigenvalue weighted by atomic mass is 35.5. The average Bonchev–Trinajstić information content (AvgIpc) is 3.80. The van der Waals surface area contributed by atoms with Crippen molar-refractivity contribution in [3.05, 3.63) is 75.8 Å². The van der Waals surface area contributed by atoms with E-state index in [1.54, 1.807) is 7.05 Å². The first kappa shape index (κ1) is 35.2. The minimum Gasteiger partial charge on any atom is -0.445 e. The van der Waals surface area contributed by atoms with Crippen molar-refractivity contribution in [3.63, 3.8) is 0 Å². The number of hydrogen-bond donors (Lipinski definition) is 1. The molecule has 7 rings (SSSR count). The summed E-state index contributed by atoms with van der Waals surface area (Å²) in [4.78, 5) is 34.2. The molecule has 270 valence electrons. The number of hydrogen-bond acceptors (Lipinski definition) is 7. The Bertz CT molecular complexity index is 2130. The number of nitrogens with one attached hydrogen (secondary N) is 1. The summed E-state index contributed by atoms with van der Waals surface area (Å²) in [5, 5.41) is 9.09. The number of rotatable bonds is 11. The van der Waals surface area contributed by atoms with Gasteiger partial charge in [-0.25, -0.2) is 9.18 Å². The monoisotopic (exact) mass is 733 g/mol. The van der Waals surface area contributed by atoms with Crippen LogP contribution >= 0.6 is 11.6 Å². The normalized spacial score (nSPS) is 20.4. The van der Waals surface area contributed by atoms with Gasteiger partial charge in [0.05, 0.1) is 28.0 Å². The number of anilines is 1. The van der Waals surface area contributed by atoms with Crippen LogP contribution in [0.2, 0.25) is 30.7 Å². The molecule has 11 nitrogen and oxygen atoms in total. The molecule has 5 aromatic rings. The number of piperidine rings is 1. The van der Waals surface area contributed by atoms with Crippen LogP contribution in [0.4, 0.5) is 15.1 Å². The van der Waals surface area contributed by atoms with E-state index in [1.165, 1.54) is 4.57 Å². The van der Waals surface area contributed by atoms with Gasteiger partial charge in [0.15, 0.2) is 5.65 Å². The number of aromatic nitrogens is 5. The summed E-state index contributed by atoms with van der Waals surface area (Å²) >= 11 is 7.03. The van der Waals surface area contributed by atoms with Gasteiger partial charge >= 0.3 is 6.09 Å². The Balaban J connectivity index is 1.21. The third-order valence-electron chi connectivity index (χ3n) is 10.2. The summed E-state index contributed by atoms with van der Waals surface area (Å²) in [6.45, 7) is 10.5. The van der Waals surface area contributed by atoms with Crippen LogP contribution in [0.1, 0.15) is 31.7 Å². The van der Waals surface area contributed by atoms with Crippen molar-refractivity contribution in [2.24, 2.45) is 7.05 Å². The second kappa shape index (κ2) is 14.1. The van der Waals surface area contributed by atoms with Crippen molar-refractivity contribution >= 4 is 53.7 Å². The van der Waals surface area contributed by atoms with Crippen LogP contribution in [0, 0.1) is 0 Å². The van der Waals surface area contributed by atoms with Gasteiger partial charge in [-0.2, -0.15) is 10.1 Å². The molecule has 0 aliphatic carbocycles. The molecule has 2 fully saturated rings. The molecule has 0 unspecified atom stereocenters. The zero-order valence-corrected chi connectivity index (χ0v) is 31.5. The summed E-state index contributed by atoms with van der Waals surface area (Å²) in [7, 11) is 0.349. The lowest BCUT2D eigenvalue weighted by atomic mass is 9.95. The van der Waals surface area contributed by atoms with Crippen LogP contribution < -0.4 is 15.8 Å². The van der Waals surface area contributed by atoms with Gasteiger partial charge in [-0.15, -0.1) is 0 Å². The van der Waals surface area contributed by atoms with Gasteiger partial charge in [0, 0.05) is 63.2 Å². The summed E-state index contributed by atoms with van der Waals surface area (Å²) in [6.07, 6.45) is 3.41. The van der Waals surface area contributed by atoms with Crippen molar-refractivity contribution in [1.82, 2.24) is 29.2 Å². The third-order valence-corrected chi connectivity index (χ3v) is 12.3. The van der Waals surface area contributed by atoms with Gasteiger partial charge in [-0.1, -0.05) is 67.6 Å². The van der Waals surface area contributed by atoms with Crippen LogP contribution in [0.15, 0.2) is 59.7 Å². The lowest BCUT2D eigenvalue weighted by Crippen LogP contribution is -2.59. The molecule has 2 aliphatic rings. The molecule has 1 N–H and O–H groups in total. The van der Waals surface area contributed by atoms with Crippen molar-refractivity contribution in [1.29, 1.82) is 0 Å². The summed E-state index contributed by atoms with van der Waals surface area (Å²) < 4.78 is 33.1. The molecule has 3 aromatic heterocycles. The lowest BCUT2D eigenvalue weighted by Gasteiger charge is -2.42. The molecule has 2 saturated heterocycles. The standard InChI is InChI=1S/C37H45ClFN7O4Si/c1-6-45-20-27-28(42-45)14-13-25(32(27)38)26-19-44(22-49-16-17-51(3,4)5)34-31(26)35(47)43(2)36(41-34)46-24-12-15-30(46)33(39)29(18-24)40-37(48)50-21-23-10-8-7-9-11-23/h7-11,13-14,19-20,24,29-30,33H,6,12,15-18,21-22H2,1-5H3,(H,40,48)/t24-,29-,30+,33-/m0/s1. The Morgan fingerprint density at radius 1 is 1.10 bits per heavy atom. The molecule has 51 heavy (non-hydrogen) atoms. The Morgan fingerprint density at radius 3 is 2.63 bits per heavy atom. The molecule has 0 radical (unpaired) electrons. The minimum absolute atomic E-state index is 0.103. The quantitative estimate of drug-likeness (QED) is 0.114. The van der Waals surface area contributed by atoms with E-state index in [1.807, 2.05) is 75.9 Å². The molecule has 5 heterocycles. The fraction of sp³-hybridized carbons (Fsp3) is 0.459.